The van der Waals surface area contributed by atoms with Gasteiger partial charge in [0.2, 0.25) is 5.91 Å². The number of ether oxygens (including phenoxy) is 1. The van der Waals surface area contributed by atoms with E-state index in [1.54, 1.807) is 48.5 Å². The molecule has 3 aromatic rings. The monoisotopic (exact) mass is 379 g/mol. The first-order valence-electron chi connectivity index (χ1n) is 8.60. The van der Waals surface area contributed by atoms with Crippen molar-refractivity contribution in [3.05, 3.63) is 84.4 Å². The summed E-state index contributed by atoms with van der Waals surface area (Å²) in [6.45, 7) is 0.0469. The summed E-state index contributed by atoms with van der Waals surface area (Å²) in [5.74, 6) is -0.921. The predicted octanol–water partition coefficient (Wildman–Crippen LogP) is 3.88. The van der Waals surface area contributed by atoms with E-state index in [1.165, 1.54) is 24.5 Å². The van der Waals surface area contributed by atoms with Crippen LogP contribution in [0, 0.1) is 5.82 Å². The maximum Gasteiger partial charge on any atom is 0.255 e. The third-order valence-electron chi connectivity index (χ3n) is 3.77. The molecule has 1 aromatic heterocycles. The Balaban J connectivity index is 1.51. The molecule has 2 amide bonds. The van der Waals surface area contributed by atoms with Gasteiger partial charge in [0.15, 0.2) is 11.6 Å². The number of amides is 2. The summed E-state index contributed by atoms with van der Waals surface area (Å²) in [4.78, 5) is 28.1. The summed E-state index contributed by atoms with van der Waals surface area (Å²) in [7, 11) is 0. The number of anilines is 2. The Bertz CT molecular complexity index is 964. The van der Waals surface area contributed by atoms with E-state index in [1.807, 2.05) is 0 Å². The van der Waals surface area contributed by atoms with Crippen molar-refractivity contribution in [2.75, 3.05) is 17.2 Å². The highest BCUT2D eigenvalue weighted by atomic mass is 19.1. The molecule has 3 rings (SSSR count). The predicted molar refractivity (Wildman–Crippen MR) is 104 cm³/mol. The molecule has 6 nitrogen and oxygen atoms in total. The Morgan fingerprint density at radius 1 is 0.929 bits per heavy atom. The maximum atomic E-state index is 13.5. The average Bonchev–Trinajstić information content (AvgIpc) is 2.70. The Hall–Kier alpha value is -3.74. The summed E-state index contributed by atoms with van der Waals surface area (Å²) >= 11 is 0. The second kappa shape index (κ2) is 9.27. The highest BCUT2D eigenvalue weighted by Crippen LogP contribution is 2.17. The van der Waals surface area contributed by atoms with Crippen molar-refractivity contribution >= 4 is 23.2 Å². The molecule has 0 saturated heterocycles. The van der Waals surface area contributed by atoms with E-state index in [4.69, 9.17) is 4.74 Å². The van der Waals surface area contributed by atoms with Gasteiger partial charge in [-0.1, -0.05) is 18.2 Å². The Labute approximate surface area is 161 Å². The van der Waals surface area contributed by atoms with Crippen molar-refractivity contribution in [1.82, 2.24) is 4.98 Å². The van der Waals surface area contributed by atoms with E-state index in [-0.39, 0.29) is 30.6 Å². The number of pyridine rings is 1. The van der Waals surface area contributed by atoms with Gasteiger partial charge in [0.05, 0.1) is 13.0 Å². The Kier molecular flexibility index (Phi) is 6.30. The van der Waals surface area contributed by atoms with Crippen molar-refractivity contribution in [3.8, 4) is 5.75 Å². The molecule has 2 aromatic carbocycles. The third-order valence-corrected chi connectivity index (χ3v) is 3.77. The summed E-state index contributed by atoms with van der Waals surface area (Å²) in [5, 5.41) is 5.48. The van der Waals surface area contributed by atoms with E-state index in [2.05, 4.69) is 15.6 Å². The minimum absolute atomic E-state index is 0.0469. The van der Waals surface area contributed by atoms with E-state index in [0.717, 1.165) is 0 Å². The molecule has 0 bridgehead atoms. The number of nitrogens with one attached hydrogen (secondary N) is 2. The molecule has 0 unspecified atom stereocenters. The minimum Gasteiger partial charge on any atom is -0.490 e. The van der Waals surface area contributed by atoms with Crippen molar-refractivity contribution < 1.29 is 18.7 Å². The van der Waals surface area contributed by atoms with Crippen LogP contribution >= 0.6 is 0 Å². The fraction of sp³-hybridized carbons (Fsp3) is 0.0952. The quantitative estimate of drug-likeness (QED) is 0.653. The summed E-state index contributed by atoms with van der Waals surface area (Å²) in [5.41, 5.74) is 1.56. The lowest BCUT2D eigenvalue weighted by molar-refractivity contribution is -0.116. The molecule has 0 fully saturated rings. The molecule has 2 N–H and O–H groups in total. The van der Waals surface area contributed by atoms with Crippen LogP contribution < -0.4 is 15.4 Å². The standard InChI is InChI=1S/C21H18FN3O3/c22-18-6-1-2-7-19(18)28-13-10-20(26)24-16-4-3-5-17(14-16)25-21(27)15-8-11-23-12-9-15/h1-9,11-12,14H,10,13H2,(H,24,26)(H,25,27). The molecule has 1 heterocycles. The number of rotatable bonds is 7. The maximum absolute atomic E-state index is 13.5. The van der Waals surface area contributed by atoms with Gasteiger partial charge in [0, 0.05) is 29.3 Å². The smallest absolute Gasteiger partial charge is 0.255 e. The zero-order chi connectivity index (χ0) is 19.8. The van der Waals surface area contributed by atoms with Crippen molar-refractivity contribution in [2.24, 2.45) is 0 Å². The van der Waals surface area contributed by atoms with Crippen molar-refractivity contribution in [3.63, 3.8) is 0 Å². The number of carbonyl (C=O) groups excluding carboxylic acids is 2. The largest absolute Gasteiger partial charge is 0.490 e. The molecule has 0 aliphatic carbocycles. The van der Waals surface area contributed by atoms with E-state index < -0.39 is 5.82 Å². The molecular formula is C21H18FN3O3. The highest BCUT2D eigenvalue weighted by Gasteiger charge is 2.08. The van der Waals surface area contributed by atoms with Gasteiger partial charge >= 0.3 is 0 Å². The number of hydrogen-bond donors (Lipinski definition) is 2. The summed E-state index contributed by atoms with van der Waals surface area (Å²) < 4.78 is 18.7. The number of carbonyl (C=O) groups is 2. The second-order valence-electron chi connectivity index (χ2n) is 5.85. The molecule has 142 valence electrons. The van der Waals surface area contributed by atoms with Gasteiger partial charge in [0.25, 0.3) is 5.91 Å². The molecule has 7 heteroatoms. The third kappa shape index (κ3) is 5.38. The van der Waals surface area contributed by atoms with Gasteiger partial charge in [-0.15, -0.1) is 0 Å². The van der Waals surface area contributed by atoms with Gasteiger partial charge in [0.1, 0.15) is 0 Å². The first kappa shape index (κ1) is 19.0. The van der Waals surface area contributed by atoms with Crippen LogP contribution in [0.3, 0.4) is 0 Å². The van der Waals surface area contributed by atoms with Gasteiger partial charge in [-0.2, -0.15) is 0 Å². The molecule has 0 aliphatic rings. The van der Waals surface area contributed by atoms with Crippen LogP contribution in [0.25, 0.3) is 0 Å². The lowest BCUT2D eigenvalue weighted by Gasteiger charge is -2.10. The van der Waals surface area contributed by atoms with E-state index in [0.29, 0.717) is 16.9 Å². The van der Waals surface area contributed by atoms with Crippen LogP contribution in [0.1, 0.15) is 16.8 Å². The molecule has 0 spiro atoms. The Morgan fingerprint density at radius 3 is 2.39 bits per heavy atom. The van der Waals surface area contributed by atoms with Crippen LogP contribution in [0.5, 0.6) is 5.75 Å². The first-order chi connectivity index (χ1) is 13.6. The van der Waals surface area contributed by atoms with Crippen LogP contribution in [-0.2, 0) is 4.79 Å². The molecule has 28 heavy (non-hydrogen) atoms. The van der Waals surface area contributed by atoms with Crippen LogP contribution in [0.4, 0.5) is 15.8 Å². The number of aromatic nitrogens is 1. The second-order valence-corrected chi connectivity index (χ2v) is 5.85. The summed E-state index contributed by atoms with van der Waals surface area (Å²) in [6.07, 6.45) is 3.13. The normalized spacial score (nSPS) is 10.2. The van der Waals surface area contributed by atoms with Gasteiger partial charge in [-0.3, -0.25) is 14.6 Å². The fourth-order valence-corrected chi connectivity index (χ4v) is 2.42. The van der Waals surface area contributed by atoms with Crippen molar-refractivity contribution in [1.29, 1.82) is 0 Å². The van der Waals surface area contributed by atoms with Crippen LogP contribution in [0.15, 0.2) is 73.1 Å². The summed E-state index contributed by atoms with van der Waals surface area (Å²) in [6, 6.07) is 16.0. The minimum atomic E-state index is -0.472. The van der Waals surface area contributed by atoms with Gasteiger partial charge < -0.3 is 15.4 Å². The molecule has 0 saturated carbocycles. The highest BCUT2D eigenvalue weighted by molar-refractivity contribution is 6.04. The Morgan fingerprint density at radius 2 is 1.64 bits per heavy atom. The number of halogens is 1. The fourth-order valence-electron chi connectivity index (χ4n) is 2.42. The van der Waals surface area contributed by atoms with Gasteiger partial charge in [-0.25, -0.2) is 4.39 Å². The van der Waals surface area contributed by atoms with Gasteiger partial charge in [-0.05, 0) is 42.5 Å². The van der Waals surface area contributed by atoms with E-state index in [9.17, 15) is 14.0 Å². The number of nitrogens with zero attached hydrogens (tertiary/aromatic N) is 1. The lowest BCUT2D eigenvalue weighted by atomic mass is 10.2. The molecule has 0 aliphatic heterocycles. The van der Waals surface area contributed by atoms with Crippen LogP contribution in [-0.4, -0.2) is 23.4 Å². The number of benzene rings is 2. The average molecular weight is 379 g/mol. The van der Waals surface area contributed by atoms with E-state index >= 15 is 0 Å². The zero-order valence-electron chi connectivity index (χ0n) is 14.9. The van der Waals surface area contributed by atoms with Crippen molar-refractivity contribution in [2.45, 2.75) is 6.42 Å². The molecule has 0 atom stereocenters. The zero-order valence-corrected chi connectivity index (χ0v) is 14.9. The SMILES string of the molecule is O=C(CCOc1ccccc1F)Nc1cccc(NC(=O)c2ccncc2)c1. The molecular weight excluding hydrogens is 361 g/mol. The lowest BCUT2D eigenvalue weighted by Crippen LogP contribution is -2.16. The first-order valence-corrected chi connectivity index (χ1v) is 8.60. The topological polar surface area (TPSA) is 80.3 Å². The van der Waals surface area contributed by atoms with Crippen LogP contribution in [0.2, 0.25) is 0 Å². The molecule has 0 radical (unpaired) electrons. The number of hydrogen-bond acceptors (Lipinski definition) is 4. The number of para-hydroxylation sites is 1.